The lowest BCUT2D eigenvalue weighted by molar-refractivity contribution is -0.150. The maximum atomic E-state index is 14.7. The smallest absolute Gasteiger partial charge is 0.338 e. The number of aliphatic imine (C=N–C) groups is 1. The van der Waals surface area contributed by atoms with Crippen LogP contribution < -0.4 is 5.32 Å². The topological polar surface area (TPSA) is 117 Å². The number of ether oxygens (including phenoxy) is 2. The number of hydrogen-bond acceptors (Lipinski definition) is 10. The molecule has 2 aromatic rings. The maximum absolute atomic E-state index is 14.7. The Labute approximate surface area is 257 Å². The average molecular weight is 631 g/mol. The van der Waals surface area contributed by atoms with Crippen LogP contribution in [0.4, 0.5) is 9.18 Å². The highest BCUT2D eigenvalue weighted by atomic mass is 35.5. The Kier molecular flexibility index (Phi) is 8.38. The molecule has 3 fully saturated rings. The lowest BCUT2D eigenvalue weighted by atomic mass is 9.94. The second-order valence-electron chi connectivity index (χ2n) is 10.9. The second-order valence-corrected chi connectivity index (χ2v) is 12.2. The molecule has 0 unspecified atom stereocenters. The number of urea groups is 1. The fourth-order valence-corrected chi connectivity index (χ4v) is 6.84. The molecule has 1 aromatic carbocycles. The third-order valence-corrected chi connectivity index (χ3v) is 9.40. The molecule has 2 saturated heterocycles. The van der Waals surface area contributed by atoms with E-state index in [-0.39, 0.29) is 29.8 Å². The predicted octanol–water partition coefficient (Wildman–Crippen LogP) is 3.22. The number of rotatable bonds is 9. The molecule has 43 heavy (non-hydrogen) atoms. The molecule has 1 N–H and O–H groups in total. The van der Waals surface area contributed by atoms with Gasteiger partial charge in [0, 0.05) is 55.6 Å². The molecule has 3 atom stereocenters. The summed E-state index contributed by atoms with van der Waals surface area (Å²) in [5, 5.41) is 5.47. The number of methoxy groups -OCH3 is 1. The number of fused-ring (bicyclic) bond motifs is 1. The van der Waals surface area contributed by atoms with Gasteiger partial charge in [0.25, 0.3) is 0 Å². The summed E-state index contributed by atoms with van der Waals surface area (Å²) in [6, 6.07) is 2.12. The molecule has 4 aliphatic rings. The highest BCUT2D eigenvalue weighted by molar-refractivity contribution is 7.11. The van der Waals surface area contributed by atoms with E-state index in [4.69, 9.17) is 26.1 Å². The van der Waals surface area contributed by atoms with Crippen LogP contribution in [0.25, 0.3) is 0 Å². The van der Waals surface area contributed by atoms with Crippen molar-refractivity contribution in [2.75, 3.05) is 46.4 Å². The monoisotopic (exact) mass is 630 g/mol. The number of carbonyl (C=O) groups excluding carboxylic acids is 3. The summed E-state index contributed by atoms with van der Waals surface area (Å²) in [4.78, 5) is 54.8. The quantitative estimate of drug-likeness (QED) is 0.420. The molecular weight excluding hydrogens is 599 g/mol. The number of thiazole rings is 1. The van der Waals surface area contributed by atoms with Crippen molar-refractivity contribution in [1.82, 2.24) is 25.0 Å². The lowest BCUT2D eigenvalue weighted by Gasteiger charge is -2.43. The van der Waals surface area contributed by atoms with Crippen molar-refractivity contribution in [2.24, 2.45) is 10.9 Å². The first kappa shape index (κ1) is 29.5. The minimum absolute atomic E-state index is 0.0633. The number of aromatic nitrogens is 1. The van der Waals surface area contributed by atoms with Gasteiger partial charge in [0.1, 0.15) is 17.9 Å². The van der Waals surface area contributed by atoms with E-state index in [1.807, 2.05) is 9.80 Å². The largest absolute Gasteiger partial charge is 0.468 e. The number of amides is 2. The van der Waals surface area contributed by atoms with Gasteiger partial charge in [-0.2, -0.15) is 0 Å². The van der Waals surface area contributed by atoms with Crippen molar-refractivity contribution < 1.29 is 28.2 Å². The molecule has 228 valence electrons. The molecule has 6 rings (SSSR count). The van der Waals surface area contributed by atoms with E-state index in [2.05, 4.69) is 10.3 Å². The molecule has 11 nitrogen and oxygen atoms in total. The molecule has 3 aliphatic heterocycles. The van der Waals surface area contributed by atoms with E-state index < -0.39 is 35.9 Å². The van der Waals surface area contributed by atoms with Gasteiger partial charge >= 0.3 is 18.0 Å². The summed E-state index contributed by atoms with van der Waals surface area (Å²) in [5.74, 6) is -0.863. The van der Waals surface area contributed by atoms with E-state index in [9.17, 15) is 18.8 Å². The molecule has 4 heterocycles. The number of halogens is 2. The number of amidine groups is 1. The number of nitrogens with zero attached hydrogens (tertiary/aromatic N) is 5. The number of esters is 2. The highest BCUT2D eigenvalue weighted by Crippen LogP contribution is 2.38. The van der Waals surface area contributed by atoms with Crippen LogP contribution in [-0.2, 0) is 19.1 Å². The number of benzene rings is 1. The third-order valence-electron chi connectivity index (χ3n) is 8.22. The summed E-state index contributed by atoms with van der Waals surface area (Å²) in [7, 11) is 1.33. The normalized spacial score (nSPS) is 24.0. The summed E-state index contributed by atoms with van der Waals surface area (Å²) >= 11 is 7.78. The van der Waals surface area contributed by atoms with Crippen molar-refractivity contribution in [3.8, 4) is 0 Å². The van der Waals surface area contributed by atoms with Gasteiger partial charge in [0.05, 0.1) is 30.4 Å². The van der Waals surface area contributed by atoms with Crippen molar-refractivity contribution in [3.05, 3.63) is 62.5 Å². The number of carbonyl (C=O) groups is 3. The van der Waals surface area contributed by atoms with Crippen molar-refractivity contribution in [2.45, 2.75) is 37.9 Å². The Morgan fingerprint density at radius 3 is 2.77 bits per heavy atom. The second kappa shape index (κ2) is 12.2. The molecule has 0 bridgehead atoms. The van der Waals surface area contributed by atoms with Crippen molar-refractivity contribution >= 4 is 46.7 Å². The van der Waals surface area contributed by atoms with Crippen LogP contribution in [0.2, 0.25) is 5.02 Å². The summed E-state index contributed by atoms with van der Waals surface area (Å²) < 4.78 is 25.4. The van der Waals surface area contributed by atoms with Gasteiger partial charge in [0.2, 0.25) is 0 Å². The van der Waals surface area contributed by atoms with Crippen LogP contribution in [0.5, 0.6) is 0 Å². The summed E-state index contributed by atoms with van der Waals surface area (Å²) in [6.45, 7) is 3.76. The van der Waals surface area contributed by atoms with Crippen LogP contribution in [0.3, 0.4) is 0 Å². The maximum Gasteiger partial charge on any atom is 0.338 e. The molecule has 1 aromatic heterocycles. The zero-order valence-corrected chi connectivity index (χ0v) is 25.4. The third kappa shape index (κ3) is 5.73. The molecule has 1 saturated carbocycles. The highest BCUT2D eigenvalue weighted by Gasteiger charge is 2.51. The zero-order chi connectivity index (χ0) is 30.2. The molecule has 0 radical (unpaired) electrons. The van der Waals surface area contributed by atoms with Crippen LogP contribution in [0.15, 0.2) is 46.0 Å². The van der Waals surface area contributed by atoms with Gasteiger partial charge in [-0.3, -0.25) is 14.7 Å². The van der Waals surface area contributed by atoms with Gasteiger partial charge in [-0.15, -0.1) is 11.3 Å². The van der Waals surface area contributed by atoms with Crippen LogP contribution in [0, 0.1) is 11.7 Å². The van der Waals surface area contributed by atoms with E-state index in [0.717, 1.165) is 12.8 Å². The van der Waals surface area contributed by atoms with Gasteiger partial charge in [-0.05, 0) is 31.7 Å². The average Bonchev–Trinajstić information content (AvgIpc) is 3.53. The van der Waals surface area contributed by atoms with Crippen molar-refractivity contribution in [3.63, 3.8) is 0 Å². The van der Waals surface area contributed by atoms with E-state index in [1.165, 1.54) is 30.6 Å². The Morgan fingerprint density at radius 2 is 2.07 bits per heavy atom. The van der Waals surface area contributed by atoms with Gasteiger partial charge in [0.15, 0.2) is 10.8 Å². The van der Waals surface area contributed by atoms with E-state index in [0.29, 0.717) is 54.2 Å². The zero-order valence-electron chi connectivity index (χ0n) is 23.8. The minimum Gasteiger partial charge on any atom is -0.468 e. The SMILES string of the molecule is CCOC(=O)C1=C(CN2CCN3C(=O)N(CC4CC4)C[C@@H]3[C@H]2C(=O)OC)NC(c2nccs2)=N[C@H]1c1cccc(F)c1Cl. The summed E-state index contributed by atoms with van der Waals surface area (Å²) in [5.41, 5.74) is 0.869. The van der Waals surface area contributed by atoms with Crippen LogP contribution in [-0.4, -0.2) is 102 Å². The molecular formula is C29H32ClFN6O5S. The Balaban J connectivity index is 1.40. The van der Waals surface area contributed by atoms with Gasteiger partial charge in [-0.1, -0.05) is 23.7 Å². The summed E-state index contributed by atoms with van der Waals surface area (Å²) in [6.07, 6.45) is 3.85. The van der Waals surface area contributed by atoms with Crippen LogP contribution in [0.1, 0.15) is 36.4 Å². The Hall–Kier alpha value is -3.55. The first-order chi connectivity index (χ1) is 20.8. The molecule has 1 aliphatic carbocycles. The van der Waals surface area contributed by atoms with Gasteiger partial charge in [-0.25, -0.2) is 19.0 Å². The fourth-order valence-electron chi connectivity index (χ4n) is 6.02. The fraction of sp³-hybridized carbons (Fsp3) is 0.483. The van der Waals surface area contributed by atoms with E-state index >= 15 is 0 Å². The van der Waals surface area contributed by atoms with Gasteiger partial charge < -0.3 is 24.6 Å². The number of hydrogen-bond donors (Lipinski definition) is 1. The molecule has 14 heteroatoms. The standard InChI is InChI=1S/C29H32ClFN6O5S/c1-3-42-27(38)21-19(33-25(26-32-9-12-43-26)34-23(21)17-5-4-6-18(31)22(17)30)14-35-10-11-37-20(24(35)28(39)41-2)15-36(29(37)40)13-16-7-8-16/h4-6,9,12,16,20,23-24H,3,7-8,10-11,13-15H2,1-2H3,(H,33,34)/t20-,23+,24+/m1/s1. The molecule has 2 amide bonds. The first-order valence-electron chi connectivity index (χ1n) is 14.3. The predicted molar refractivity (Wildman–Crippen MR) is 157 cm³/mol. The van der Waals surface area contributed by atoms with Crippen molar-refractivity contribution in [1.29, 1.82) is 0 Å². The number of piperazine rings is 1. The molecule has 0 spiro atoms. The minimum atomic E-state index is -1.00. The Bertz CT molecular complexity index is 1480. The Morgan fingerprint density at radius 1 is 1.26 bits per heavy atom. The van der Waals surface area contributed by atoms with E-state index in [1.54, 1.807) is 29.5 Å². The van der Waals surface area contributed by atoms with Crippen LogP contribution >= 0.6 is 22.9 Å². The number of nitrogens with one attached hydrogen (secondary N) is 1. The first-order valence-corrected chi connectivity index (χ1v) is 15.5. The lowest BCUT2D eigenvalue weighted by Crippen LogP contribution is -2.62.